The number of nitrogens with zero attached hydrogens (tertiary/aromatic N) is 2. The number of rotatable bonds is 2. The monoisotopic (exact) mass is 412 g/mol. The Morgan fingerprint density at radius 2 is 1.69 bits per heavy atom. The molecule has 1 aliphatic heterocycles. The van der Waals surface area contributed by atoms with E-state index in [0.717, 1.165) is 4.90 Å². The number of phenolic OH excluding ortho intramolecular Hbond substituents is 1. The van der Waals surface area contributed by atoms with Crippen molar-refractivity contribution in [3.63, 3.8) is 0 Å². The summed E-state index contributed by atoms with van der Waals surface area (Å²) in [5.74, 6) is -1.34. The fourth-order valence-corrected chi connectivity index (χ4v) is 3.70. The quantitative estimate of drug-likeness (QED) is 0.389. The average Bonchev–Trinajstić information content (AvgIpc) is 2.60. The zero-order valence-electron chi connectivity index (χ0n) is 13.0. The van der Waals surface area contributed by atoms with Crippen molar-refractivity contribution >= 4 is 49.9 Å². The fraction of sp³-hybridized carbons (Fsp3) is 0. The van der Waals surface area contributed by atoms with Crippen molar-refractivity contribution in [1.29, 1.82) is 0 Å². The summed E-state index contributed by atoms with van der Waals surface area (Å²) in [5, 5.41) is 21.8. The second-order valence-electron chi connectivity index (χ2n) is 5.71. The van der Waals surface area contributed by atoms with Gasteiger partial charge in [-0.05, 0) is 34.1 Å². The largest absolute Gasteiger partial charge is 0.508 e. The van der Waals surface area contributed by atoms with E-state index < -0.39 is 16.7 Å². The van der Waals surface area contributed by atoms with Crippen LogP contribution in [0.3, 0.4) is 0 Å². The molecule has 1 N–H and O–H groups in total. The van der Waals surface area contributed by atoms with Gasteiger partial charge in [-0.1, -0.05) is 18.2 Å². The van der Waals surface area contributed by atoms with Gasteiger partial charge in [-0.15, -0.1) is 0 Å². The van der Waals surface area contributed by atoms with E-state index in [9.17, 15) is 24.8 Å². The third-order valence-corrected chi connectivity index (χ3v) is 5.06. The molecule has 0 atom stereocenters. The van der Waals surface area contributed by atoms with E-state index in [-0.39, 0.29) is 32.7 Å². The Kier molecular flexibility index (Phi) is 3.52. The number of anilines is 1. The van der Waals surface area contributed by atoms with E-state index in [4.69, 9.17) is 0 Å². The van der Waals surface area contributed by atoms with E-state index in [0.29, 0.717) is 10.8 Å². The number of halogens is 1. The Morgan fingerprint density at radius 3 is 2.38 bits per heavy atom. The zero-order valence-corrected chi connectivity index (χ0v) is 14.6. The molecule has 0 unspecified atom stereocenters. The molecule has 0 aliphatic carbocycles. The van der Waals surface area contributed by atoms with Gasteiger partial charge in [0.25, 0.3) is 17.5 Å². The molecule has 0 aromatic heterocycles. The number of carbonyl (C=O) groups excluding carboxylic acids is 2. The molecule has 0 fully saturated rings. The Hall–Kier alpha value is -3.26. The molecule has 1 aliphatic rings. The van der Waals surface area contributed by atoms with Crippen LogP contribution in [0, 0.1) is 10.1 Å². The van der Waals surface area contributed by atoms with Crippen molar-refractivity contribution in [3.8, 4) is 5.75 Å². The first-order valence-corrected chi connectivity index (χ1v) is 8.27. The number of carbonyl (C=O) groups is 2. The topological polar surface area (TPSA) is 101 Å². The summed E-state index contributed by atoms with van der Waals surface area (Å²) in [6.07, 6.45) is 0. The van der Waals surface area contributed by atoms with Crippen LogP contribution in [0.25, 0.3) is 10.8 Å². The molecule has 2 amide bonds. The van der Waals surface area contributed by atoms with E-state index in [2.05, 4.69) is 15.9 Å². The predicted octanol–water partition coefficient (Wildman–Crippen LogP) is 4.02. The third-order valence-electron chi connectivity index (χ3n) is 4.23. The van der Waals surface area contributed by atoms with Crippen LogP contribution in [0.5, 0.6) is 5.75 Å². The molecule has 0 radical (unpaired) electrons. The van der Waals surface area contributed by atoms with Gasteiger partial charge in [-0.2, -0.15) is 0 Å². The number of hydrogen-bond acceptors (Lipinski definition) is 5. The van der Waals surface area contributed by atoms with Crippen LogP contribution in [0.15, 0.2) is 53.0 Å². The van der Waals surface area contributed by atoms with Crippen LogP contribution in [-0.4, -0.2) is 21.8 Å². The lowest BCUT2D eigenvalue weighted by Crippen LogP contribution is -2.40. The summed E-state index contributed by atoms with van der Waals surface area (Å²) in [4.78, 5) is 37.6. The number of imide groups is 1. The maximum atomic E-state index is 13.0. The van der Waals surface area contributed by atoms with E-state index >= 15 is 0 Å². The Morgan fingerprint density at radius 1 is 1.00 bits per heavy atom. The van der Waals surface area contributed by atoms with Gasteiger partial charge in [-0.3, -0.25) is 19.7 Å². The maximum absolute atomic E-state index is 13.0. The van der Waals surface area contributed by atoms with Gasteiger partial charge < -0.3 is 5.11 Å². The summed E-state index contributed by atoms with van der Waals surface area (Å²) in [6, 6.07) is 11.7. The van der Waals surface area contributed by atoms with Crippen LogP contribution >= 0.6 is 15.9 Å². The molecule has 0 saturated heterocycles. The Balaban J connectivity index is 2.05. The molecule has 7 nitrogen and oxygen atoms in total. The van der Waals surface area contributed by atoms with Crippen LogP contribution < -0.4 is 4.90 Å². The molecule has 0 bridgehead atoms. The predicted molar refractivity (Wildman–Crippen MR) is 97.5 cm³/mol. The Labute approximate surface area is 154 Å². The zero-order chi connectivity index (χ0) is 18.6. The van der Waals surface area contributed by atoms with Gasteiger partial charge in [0.2, 0.25) is 0 Å². The minimum absolute atomic E-state index is 0.0634. The van der Waals surface area contributed by atoms with E-state index in [1.54, 1.807) is 18.2 Å². The Bertz CT molecular complexity index is 1140. The van der Waals surface area contributed by atoms with Gasteiger partial charge >= 0.3 is 0 Å². The number of benzene rings is 3. The van der Waals surface area contributed by atoms with Crippen LogP contribution in [-0.2, 0) is 0 Å². The van der Waals surface area contributed by atoms with E-state index in [1.807, 2.05) is 0 Å². The molecule has 0 spiro atoms. The van der Waals surface area contributed by atoms with Crippen LogP contribution in [0.2, 0.25) is 0 Å². The molecule has 3 aromatic carbocycles. The van der Waals surface area contributed by atoms with Crippen molar-refractivity contribution in [1.82, 2.24) is 0 Å². The first-order valence-electron chi connectivity index (χ1n) is 7.47. The lowest BCUT2D eigenvalue weighted by atomic mass is 9.93. The van der Waals surface area contributed by atoms with Crippen molar-refractivity contribution in [2.24, 2.45) is 0 Å². The number of phenols is 1. The number of nitro benzene ring substituents is 1. The number of hydrogen-bond donors (Lipinski definition) is 1. The highest BCUT2D eigenvalue weighted by atomic mass is 79.9. The van der Waals surface area contributed by atoms with Gasteiger partial charge in [0.05, 0.1) is 16.2 Å². The summed E-state index contributed by atoms with van der Waals surface area (Å²) in [6.45, 7) is 0. The highest BCUT2D eigenvalue weighted by Gasteiger charge is 2.36. The van der Waals surface area contributed by atoms with Crippen molar-refractivity contribution in [2.75, 3.05) is 4.90 Å². The van der Waals surface area contributed by atoms with Crippen LogP contribution in [0.1, 0.15) is 20.7 Å². The highest BCUT2D eigenvalue weighted by Crippen LogP contribution is 2.41. The summed E-state index contributed by atoms with van der Waals surface area (Å²) >= 11 is 3.20. The number of nitro groups is 1. The van der Waals surface area contributed by atoms with E-state index in [1.165, 1.54) is 30.3 Å². The molecule has 8 heteroatoms. The molecular formula is C18H9BrN2O5. The third kappa shape index (κ3) is 2.19. The molecule has 4 rings (SSSR count). The lowest BCUT2D eigenvalue weighted by molar-refractivity contribution is -0.385. The first-order chi connectivity index (χ1) is 12.4. The first kappa shape index (κ1) is 16.2. The molecule has 128 valence electrons. The molecule has 3 aromatic rings. The molecular weight excluding hydrogens is 404 g/mol. The number of amides is 2. The summed E-state index contributed by atoms with van der Waals surface area (Å²) in [5.41, 5.74) is 0.251. The van der Waals surface area contributed by atoms with Crippen molar-refractivity contribution in [3.05, 3.63) is 74.2 Å². The molecule has 0 saturated carbocycles. The van der Waals surface area contributed by atoms with Gasteiger partial charge in [0.1, 0.15) is 10.2 Å². The van der Waals surface area contributed by atoms with Crippen molar-refractivity contribution in [2.45, 2.75) is 0 Å². The highest BCUT2D eigenvalue weighted by molar-refractivity contribution is 9.10. The summed E-state index contributed by atoms with van der Waals surface area (Å²) < 4.78 is 0.217. The van der Waals surface area contributed by atoms with Gasteiger partial charge in [0, 0.05) is 28.5 Å². The second-order valence-corrected chi connectivity index (χ2v) is 6.50. The summed E-state index contributed by atoms with van der Waals surface area (Å²) in [7, 11) is 0. The molecule has 26 heavy (non-hydrogen) atoms. The second kappa shape index (κ2) is 5.63. The lowest BCUT2D eigenvalue weighted by Gasteiger charge is -2.27. The minimum Gasteiger partial charge on any atom is -0.508 e. The van der Waals surface area contributed by atoms with Gasteiger partial charge in [0.15, 0.2) is 0 Å². The fourth-order valence-electron chi connectivity index (χ4n) is 3.12. The average molecular weight is 413 g/mol. The van der Waals surface area contributed by atoms with Gasteiger partial charge in [-0.25, -0.2) is 4.90 Å². The minimum atomic E-state index is -0.681. The maximum Gasteiger partial charge on any atom is 0.284 e. The standard InChI is InChI=1S/C18H9BrN2O5/c19-16-11-5-2-6-12-15(11)13(8-14(16)21(25)26)18(24)20(17(12)23)9-3-1-4-10(22)7-9/h1-8,22H. The smallest absolute Gasteiger partial charge is 0.284 e. The van der Waals surface area contributed by atoms with Crippen LogP contribution in [0.4, 0.5) is 11.4 Å². The number of aromatic hydroxyl groups is 1. The van der Waals surface area contributed by atoms with Crippen molar-refractivity contribution < 1.29 is 19.6 Å². The molecule has 1 heterocycles. The SMILES string of the molecule is O=C1c2cccc3c(Br)c([N+](=O)[O-])cc(c23)C(=O)N1c1cccc(O)c1. The normalized spacial score (nSPS) is 13.3.